The highest BCUT2D eigenvalue weighted by atomic mass is 32.1. The highest BCUT2D eigenvalue weighted by molar-refractivity contribution is 7.09. The van der Waals surface area contributed by atoms with Crippen molar-refractivity contribution in [2.75, 3.05) is 7.11 Å². The molecule has 0 radical (unpaired) electrons. The predicted octanol–water partition coefficient (Wildman–Crippen LogP) is 4.27. The third kappa shape index (κ3) is 4.61. The first-order valence-corrected chi connectivity index (χ1v) is 8.79. The number of nitrogens with one attached hydrogen (secondary N) is 1. The van der Waals surface area contributed by atoms with Crippen molar-refractivity contribution in [3.8, 4) is 11.5 Å². The summed E-state index contributed by atoms with van der Waals surface area (Å²) in [5.41, 5.74) is 1.61. The molecule has 0 aliphatic carbocycles. The lowest BCUT2D eigenvalue weighted by Crippen LogP contribution is -2.22. The number of hydrogen-bond acceptors (Lipinski definition) is 4. The van der Waals surface area contributed by atoms with Crippen LogP contribution in [0.15, 0.2) is 66.0 Å². The molecule has 1 heterocycles. The van der Waals surface area contributed by atoms with Gasteiger partial charge in [0.15, 0.2) is 11.5 Å². The van der Waals surface area contributed by atoms with E-state index in [2.05, 4.69) is 5.32 Å². The van der Waals surface area contributed by atoms with Crippen LogP contribution in [-0.4, -0.2) is 13.0 Å². The second-order valence-corrected chi connectivity index (χ2v) is 6.43. The van der Waals surface area contributed by atoms with Gasteiger partial charge in [0.25, 0.3) is 5.91 Å². The van der Waals surface area contributed by atoms with Crippen LogP contribution in [0.3, 0.4) is 0 Å². The molecule has 4 nitrogen and oxygen atoms in total. The SMILES string of the molecule is COc1cc(C(=O)NCc2cccs2)ccc1OCc1ccccc1. The molecule has 3 rings (SSSR count). The highest BCUT2D eigenvalue weighted by Crippen LogP contribution is 2.29. The first-order chi connectivity index (χ1) is 12.3. The number of methoxy groups -OCH3 is 1. The molecule has 1 N–H and O–H groups in total. The van der Waals surface area contributed by atoms with E-state index in [0.717, 1.165) is 10.4 Å². The lowest BCUT2D eigenvalue weighted by Gasteiger charge is -2.12. The van der Waals surface area contributed by atoms with Crippen LogP contribution in [-0.2, 0) is 13.2 Å². The van der Waals surface area contributed by atoms with Crippen LogP contribution in [0, 0.1) is 0 Å². The highest BCUT2D eigenvalue weighted by Gasteiger charge is 2.11. The van der Waals surface area contributed by atoms with E-state index in [1.165, 1.54) is 0 Å². The first-order valence-electron chi connectivity index (χ1n) is 7.91. The number of amides is 1. The number of carbonyl (C=O) groups excluding carboxylic acids is 1. The van der Waals surface area contributed by atoms with Crippen LogP contribution >= 0.6 is 11.3 Å². The zero-order valence-corrected chi connectivity index (χ0v) is 14.7. The summed E-state index contributed by atoms with van der Waals surface area (Å²) in [6.07, 6.45) is 0. The van der Waals surface area contributed by atoms with Crippen molar-refractivity contribution in [2.24, 2.45) is 0 Å². The van der Waals surface area contributed by atoms with Gasteiger partial charge in [-0.15, -0.1) is 11.3 Å². The first kappa shape index (κ1) is 17.0. The fourth-order valence-corrected chi connectivity index (χ4v) is 2.99. The summed E-state index contributed by atoms with van der Waals surface area (Å²) < 4.78 is 11.2. The Morgan fingerprint density at radius 3 is 2.60 bits per heavy atom. The van der Waals surface area contributed by atoms with Gasteiger partial charge in [-0.25, -0.2) is 0 Å². The largest absolute Gasteiger partial charge is 0.493 e. The zero-order valence-electron chi connectivity index (χ0n) is 13.9. The van der Waals surface area contributed by atoms with Crippen LogP contribution in [0.5, 0.6) is 11.5 Å². The molecule has 25 heavy (non-hydrogen) atoms. The van der Waals surface area contributed by atoms with Gasteiger partial charge in [-0.05, 0) is 35.2 Å². The monoisotopic (exact) mass is 353 g/mol. The van der Waals surface area contributed by atoms with E-state index in [9.17, 15) is 4.79 Å². The number of ether oxygens (including phenoxy) is 2. The van der Waals surface area contributed by atoms with E-state index in [1.54, 1.807) is 36.6 Å². The second kappa shape index (κ2) is 8.35. The number of rotatable bonds is 7. The van der Waals surface area contributed by atoms with Crippen LogP contribution in [0.2, 0.25) is 0 Å². The quantitative estimate of drug-likeness (QED) is 0.690. The lowest BCUT2D eigenvalue weighted by atomic mass is 10.2. The molecule has 0 saturated carbocycles. The predicted molar refractivity (Wildman–Crippen MR) is 99.3 cm³/mol. The van der Waals surface area contributed by atoms with Crippen LogP contribution < -0.4 is 14.8 Å². The molecule has 0 aliphatic heterocycles. The Morgan fingerprint density at radius 1 is 1.04 bits per heavy atom. The summed E-state index contributed by atoms with van der Waals surface area (Å²) in [6.45, 7) is 0.964. The fourth-order valence-electron chi connectivity index (χ4n) is 2.35. The Labute approximate surface area is 151 Å². The van der Waals surface area contributed by atoms with Crippen molar-refractivity contribution in [1.29, 1.82) is 0 Å². The van der Waals surface area contributed by atoms with Crippen molar-refractivity contribution in [2.45, 2.75) is 13.2 Å². The Hall–Kier alpha value is -2.79. The third-order valence-electron chi connectivity index (χ3n) is 3.67. The van der Waals surface area contributed by atoms with Gasteiger partial charge in [-0.1, -0.05) is 36.4 Å². The van der Waals surface area contributed by atoms with E-state index >= 15 is 0 Å². The van der Waals surface area contributed by atoms with Crippen LogP contribution in [0.4, 0.5) is 0 Å². The van der Waals surface area contributed by atoms with Gasteiger partial charge in [0, 0.05) is 10.4 Å². The molecule has 0 fully saturated rings. The molecule has 1 amide bonds. The van der Waals surface area contributed by atoms with Crippen molar-refractivity contribution in [1.82, 2.24) is 5.32 Å². The Morgan fingerprint density at radius 2 is 1.88 bits per heavy atom. The smallest absolute Gasteiger partial charge is 0.251 e. The lowest BCUT2D eigenvalue weighted by molar-refractivity contribution is 0.0951. The van der Waals surface area contributed by atoms with Gasteiger partial charge in [-0.3, -0.25) is 4.79 Å². The topological polar surface area (TPSA) is 47.6 Å². The van der Waals surface area contributed by atoms with Crippen LogP contribution in [0.25, 0.3) is 0 Å². The Balaban J connectivity index is 1.65. The van der Waals surface area contributed by atoms with E-state index in [0.29, 0.717) is 30.2 Å². The van der Waals surface area contributed by atoms with E-state index in [1.807, 2.05) is 47.8 Å². The molecule has 0 aliphatic rings. The molecule has 0 atom stereocenters. The summed E-state index contributed by atoms with van der Waals surface area (Å²) in [5.74, 6) is 1.02. The minimum Gasteiger partial charge on any atom is -0.493 e. The summed E-state index contributed by atoms with van der Waals surface area (Å²) in [6, 6.07) is 19.1. The fraction of sp³-hybridized carbons (Fsp3) is 0.150. The Bertz CT molecular complexity index is 816. The Kier molecular flexibility index (Phi) is 5.69. The third-order valence-corrected chi connectivity index (χ3v) is 4.54. The van der Waals surface area contributed by atoms with Gasteiger partial charge in [0.05, 0.1) is 13.7 Å². The standard InChI is InChI=1S/C20H19NO3S/c1-23-19-12-16(20(22)21-13-17-8-5-11-25-17)9-10-18(19)24-14-15-6-3-2-4-7-15/h2-12H,13-14H2,1H3,(H,21,22). The number of benzene rings is 2. The van der Waals surface area contributed by atoms with Crippen molar-refractivity contribution in [3.05, 3.63) is 82.0 Å². The minimum absolute atomic E-state index is 0.138. The summed E-state index contributed by atoms with van der Waals surface area (Å²) >= 11 is 1.62. The van der Waals surface area contributed by atoms with E-state index in [-0.39, 0.29) is 5.91 Å². The second-order valence-electron chi connectivity index (χ2n) is 5.40. The van der Waals surface area contributed by atoms with Crippen molar-refractivity contribution < 1.29 is 14.3 Å². The maximum absolute atomic E-state index is 12.3. The van der Waals surface area contributed by atoms with Gasteiger partial charge in [0.1, 0.15) is 6.61 Å². The average molecular weight is 353 g/mol. The average Bonchev–Trinajstić information content (AvgIpc) is 3.18. The van der Waals surface area contributed by atoms with Gasteiger partial charge in [-0.2, -0.15) is 0 Å². The molecule has 0 saturated heterocycles. The molecule has 128 valence electrons. The molecule has 1 aromatic heterocycles. The van der Waals surface area contributed by atoms with Crippen LogP contribution in [0.1, 0.15) is 20.8 Å². The summed E-state index contributed by atoms with van der Waals surface area (Å²) in [7, 11) is 1.57. The number of carbonyl (C=O) groups is 1. The van der Waals surface area contributed by atoms with Crippen molar-refractivity contribution in [3.63, 3.8) is 0 Å². The molecule has 5 heteroatoms. The zero-order chi connectivity index (χ0) is 17.5. The van der Waals surface area contributed by atoms with Gasteiger partial charge >= 0.3 is 0 Å². The molecule has 0 spiro atoms. The molecule has 3 aromatic rings. The molecule has 0 unspecified atom stereocenters. The van der Waals surface area contributed by atoms with Gasteiger partial charge < -0.3 is 14.8 Å². The molecule has 0 bridgehead atoms. The minimum atomic E-state index is -0.138. The number of hydrogen-bond donors (Lipinski definition) is 1. The maximum Gasteiger partial charge on any atom is 0.251 e. The van der Waals surface area contributed by atoms with Gasteiger partial charge in [0.2, 0.25) is 0 Å². The molecular formula is C20H19NO3S. The normalized spacial score (nSPS) is 10.3. The van der Waals surface area contributed by atoms with E-state index in [4.69, 9.17) is 9.47 Å². The summed E-state index contributed by atoms with van der Waals surface area (Å²) in [4.78, 5) is 13.4. The molecular weight excluding hydrogens is 334 g/mol. The molecule has 2 aromatic carbocycles. The van der Waals surface area contributed by atoms with Crippen molar-refractivity contribution >= 4 is 17.2 Å². The van der Waals surface area contributed by atoms with E-state index < -0.39 is 0 Å². The number of thiophene rings is 1. The maximum atomic E-state index is 12.3. The summed E-state index contributed by atoms with van der Waals surface area (Å²) in [5, 5.41) is 4.89.